The molecule has 9 heteroatoms. The Bertz CT molecular complexity index is 1030. The summed E-state index contributed by atoms with van der Waals surface area (Å²) in [6, 6.07) is 8.11. The first kappa shape index (κ1) is 20.8. The van der Waals surface area contributed by atoms with Crippen molar-refractivity contribution in [3.05, 3.63) is 53.1 Å². The molecule has 2 aromatic carbocycles. The number of rotatable bonds is 8. The summed E-state index contributed by atoms with van der Waals surface area (Å²) in [5.41, 5.74) is 3.86. The maximum absolute atomic E-state index is 13.4. The van der Waals surface area contributed by atoms with E-state index in [-0.39, 0.29) is 11.4 Å². The van der Waals surface area contributed by atoms with Crippen LogP contribution in [0.3, 0.4) is 0 Å². The summed E-state index contributed by atoms with van der Waals surface area (Å²) in [7, 11) is 1.59. The molecule has 0 saturated heterocycles. The van der Waals surface area contributed by atoms with Crippen molar-refractivity contribution in [1.29, 1.82) is 0 Å². The number of halogens is 2. The second-order valence-corrected chi connectivity index (χ2v) is 6.81. The van der Waals surface area contributed by atoms with Crippen molar-refractivity contribution >= 4 is 39.9 Å². The number of hydrogen-bond acceptors (Lipinski definition) is 6. The van der Waals surface area contributed by atoms with Gasteiger partial charge in [0.2, 0.25) is 5.91 Å². The third-order valence-corrected chi connectivity index (χ3v) is 4.73. The molecule has 29 heavy (non-hydrogen) atoms. The van der Waals surface area contributed by atoms with E-state index in [1.807, 2.05) is 12.1 Å². The van der Waals surface area contributed by atoms with Gasteiger partial charge in [0.1, 0.15) is 23.7 Å². The molecule has 0 radical (unpaired) electrons. The number of anilines is 2. The van der Waals surface area contributed by atoms with Gasteiger partial charge in [-0.25, -0.2) is 19.8 Å². The summed E-state index contributed by atoms with van der Waals surface area (Å²) in [5.74, 6) is 0.347. The highest BCUT2D eigenvalue weighted by Gasteiger charge is 2.12. The lowest BCUT2D eigenvalue weighted by molar-refractivity contribution is -0.129. The van der Waals surface area contributed by atoms with Crippen molar-refractivity contribution in [1.82, 2.24) is 15.4 Å². The fourth-order valence-corrected chi connectivity index (χ4v) is 3.16. The van der Waals surface area contributed by atoms with E-state index in [9.17, 15) is 9.18 Å². The van der Waals surface area contributed by atoms with Crippen LogP contribution < -0.4 is 15.5 Å². The molecule has 0 saturated carbocycles. The molecule has 1 aromatic heterocycles. The Morgan fingerprint density at radius 1 is 1.24 bits per heavy atom. The van der Waals surface area contributed by atoms with Crippen LogP contribution in [0.15, 0.2) is 36.7 Å². The molecule has 1 amide bonds. The number of hydroxylamine groups is 1. The largest absolute Gasteiger partial charge is 0.496 e. The molecular weight excluding hydrogens is 399 g/mol. The molecule has 0 unspecified atom stereocenters. The number of hydrogen-bond donors (Lipinski definition) is 3. The minimum atomic E-state index is -0.494. The fourth-order valence-electron chi connectivity index (χ4n) is 2.98. The van der Waals surface area contributed by atoms with Crippen molar-refractivity contribution in [2.75, 3.05) is 12.4 Å². The van der Waals surface area contributed by atoms with Gasteiger partial charge in [-0.05, 0) is 49.1 Å². The van der Waals surface area contributed by atoms with Gasteiger partial charge in [0.05, 0.1) is 17.6 Å². The topological polar surface area (TPSA) is 96.4 Å². The maximum atomic E-state index is 13.4. The van der Waals surface area contributed by atoms with E-state index in [4.69, 9.17) is 21.5 Å². The van der Waals surface area contributed by atoms with E-state index in [2.05, 4.69) is 15.3 Å². The highest BCUT2D eigenvalue weighted by atomic mass is 35.5. The summed E-state index contributed by atoms with van der Waals surface area (Å²) in [6.45, 7) is 0. The molecule has 3 N–H and O–H groups in total. The number of nitrogens with one attached hydrogen (secondary N) is 2. The number of fused-ring (bicyclic) bond motifs is 1. The lowest BCUT2D eigenvalue weighted by atomic mass is 10.0. The van der Waals surface area contributed by atoms with E-state index < -0.39 is 11.7 Å². The maximum Gasteiger partial charge on any atom is 0.243 e. The molecule has 0 aliphatic heterocycles. The zero-order chi connectivity index (χ0) is 20.8. The zero-order valence-corrected chi connectivity index (χ0v) is 16.5. The number of unbranched alkanes of at least 4 members (excludes halogenated alkanes) is 1. The molecule has 0 spiro atoms. The van der Waals surface area contributed by atoms with Gasteiger partial charge in [-0.3, -0.25) is 10.0 Å². The highest BCUT2D eigenvalue weighted by Crippen LogP contribution is 2.31. The smallest absolute Gasteiger partial charge is 0.243 e. The number of carbonyl (C=O) groups is 1. The number of aromatic nitrogens is 2. The number of carbonyl (C=O) groups excluding carboxylic acids is 1. The van der Waals surface area contributed by atoms with Crippen molar-refractivity contribution < 1.29 is 19.1 Å². The first-order valence-electron chi connectivity index (χ1n) is 8.98. The molecular formula is C20H20ClFN4O3. The Morgan fingerprint density at radius 2 is 2.07 bits per heavy atom. The monoisotopic (exact) mass is 418 g/mol. The average Bonchev–Trinajstić information content (AvgIpc) is 2.73. The van der Waals surface area contributed by atoms with Gasteiger partial charge in [0.25, 0.3) is 0 Å². The van der Waals surface area contributed by atoms with Gasteiger partial charge < -0.3 is 10.1 Å². The Labute approximate surface area is 171 Å². The quantitative estimate of drug-likeness (QED) is 0.285. The van der Waals surface area contributed by atoms with Gasteiger partial charge in [-0.1, -0.05) is 11.6 Å². The van der Waals surface area contributed by atoms with E-state index in [1.165, 1.54) is 18.5 Å². The zero-order valence-electron chi connectivity index (χ0n) is 15.7. The third kappa shape index (κ3) is 5.10. The number of aryl methyl sites for hydroxylation is 1. The fraction of sp³-hybridized carbons (Fsp3) is 0.250. The standard InChI is InChI=1S/C20H20ClFN4O3/c1-29-18-10-17-14(8-12(18)4-2-3-5-19(27)26-28)20(24-11-23-17)25-13-6-7-16(22)15(21)9-13/h6-11,28H,2-5H2,1H3,(H,26,27)(H,23,24,25). The highest BCUT2D eigenvalue weighted by molar-refractivity contribution is 6.31. The number of ether oxygens (including phenoxy) is 1. The summed E-state index contributed by atoms with van der Waals surface area (Å²) >= 11 is 5.86. The summed E-state index contributed by atoms with van der Waals surface area (Å²) in [4.78, 5) is 19.7. The van der Waals surface area contributed by atoms with Crippen molar-refractivity contribution in [2.24, 2.45) is 0 Å². The Hall–Kier alpha value is -2.97. The van der Waals surface area contributed by atoms with Crippen LogP contribution in [0.2, 0.25) is 5.02 Å². The van der Waals surface area contributed by atoms with Crippen LogP contribution in [-0.4, -0.2) is 28.2 Å². The molecule has 0 aliphatic rings. The summed E-state index contributed by atoms with van der Waals surface area (Å²) in [5, 5.41) is 12.5. The molecule has 0 fully saturated rings. The third-order valence-electron chi connectivity index (χ3n) is 4.44. The Morgan fingerprint density at radius 3 is 2.79 bits per heavy atom. The molecule has 3 aromatic rings. The van der Waals surface area contributed by atoms with E-state index >= 15 is 0 Å². The number of nitrogens with zero attached hydrogens (tertiary/aromatic N) is 2. The number of benzene rings is 2. The van der Waals surface area contributed by atoms with E-state index in [1.54, 1.807) is 18.7 Å². The van der Waals surface area contributed by atoms with Crippen LogP contribution in [0.5, 0.6) is 5.75 Å². The van der Waals surface area contributed by atoms with Gasteiger partial charge >= 0.3 is 0 Å². The molecule has 0 bridgehead atoms. The van der Waals surface area contributed by atoms with Crippen LogP contribution in [0, 0.1) is 5.82 Å². The first-order valence-corrected chi connectivity index (χ1v) is 9.36. The Kier molecular flexibility index (Phi) is 6.79. The molecule has 1 heterocycles. The second kappa shape index (κ2) is 9.49. The van der Waals surface area contributed by atoms with Crippen LogP contribution in [0.25, 0.3) is 10.9 Å². The SMILES string of the molecule is COc1cc2ncnc(Nc3ccc(F)c(Cl)c3)c2cc1CCCCC(=O)NO. The first-order chi connectivity index (χ1) is 14.0. The van der Waals surface area contributed by atoms with Gasteiger partial charge in [0, 0.05) is 23.6 Å². The van der Waals surface area contributed by atoms with Crippen molar-refractivity contribution in [2.45, 2.75) is 25.7 Å². The number of methoxy groups -OCH3 is 1. The predicted molar refractivity (Wildman–Crippen MR) is 108 cm³/mol. The minimum Gasteiger partial charge on any atom is -0.496 e. The van der Waals surface area contributed by atoms with Crippen LogP contribution >= 0.6 is 11.6 Å². The van der Waals surface area contributed by atoms with Gasteiger partial charge in [0.15, 0.2) is 0 Å². The molecule has 3 rings (SSSR count). The van der Waals surface area contributed by atoms with Gasteiger partial charge in [-0.15, -0.1) is 0 Å². The molecule has 152 valence electrons. The van der Waals surface area contributed by atoms with Gasteiger partial charge in [-0.2, -0.15) is 0 Å². The average molecular weight is 419 g/mol. The Balaban J connectivity index is 1.87. The summed E-state index contributed by atoms with van der Waals surface area (Å²) < 4.78 is 18.9. The van der Waals surface area contributed by atoms with Crippen molar-refractivity contribution in [3.8, 4) is 5.75 Å². The molecule has 7 nitrogen and oxygen atoms in total. The van der Waals surface area contributed by atoms with Crippen LogP contribution in [0.1, 0.15) is 24.8 Å². The minimum absolute atomic E-state index is 0.0163. The summed E-state index contributed by atoms with van der Waals surface area (Å²) in [6.07, 6.45) is 3.71. The molecule has 0 aliphatic carbocycles. The van der Waals surface area contributed by atoms with E-state index in [0.717, 1.165) is 17.4 Å². The number of amides is 1. The van der Waals surface area contributed by atoms with Crippen molar-refractivity contribution in [3.63, 3.8) is 0 Å². The van der Waals surface area contributed by atoms with Crippen LogP contribution in [0.4, 0.5) is 15.9 Å². The normalized spacial score (nSPS) is 10.8. The van der Waals surface area contributed by atoms with Crippen LogP contribution in [-0.2, 0) is 11.2 Å². The lowest BCUT2D eigenvalue weighted by Crippen LogP contribution is -2.17. The second-order valence-electron chi connectivity index (χ2n) is 6.40. The van der Waals surface area contributed by atoms with E-state index in [0.29, 0.717) is 35.6 Å². The predicted octanol–water partition coefficient (Wildman–Crippen LogP) is 4.39. The molecule has 0 atom stereocenters. The lowest BCUT2D eigenvalue weighted by Gasteiger charge is -2.13.